The highest BCUT2D eigenvalue weighted by Crippen LogP contribution is 2.34. The van der Waals surface area contributed by atoms with E-state index in [1.807, 2.05) is 0 Å². The van der Waals surface area contributed by atoms with Gasteiger partial charge in [0, 0.05) is 12.1 Å². The van der Waals surface area contributed by atoms with E-state index in [2.05, 4.69) is 4.72 Å². The van der Waals surface area contributed by atoms with E-state index in [9.17, 15) is 18.3 Å². The minimum atomic E-state index is -3.99. The number of hydrogen-bond donors (Lipinski definition) is 4. The fraction of sp³-hybridized carbons (Fsp3) is 0. The van der Waals surface area contributed by atoms with Crippen LogP contribution in [0.4, 0.5) is 5.69 Å². The van der Waals surface area contributed by atoms with Crippen molar-refractivity contribution in [2.45, 2.75) is 4.90 Å². The molecule has 7 nitrogen and oxygen atoms in total. The Hall–Kier alpha value is -2.26. The zero-order valence-corrected chi connectivity index (χ0v) is 14.7. The molecule has 0 saturated carbocycles. The van der Waals surface area contributed by atoms with Crippen LogP contribution in [0.2, 0.25) is 10.0 Å². The number of benzene rings is 2. The first-order chi connectivity index (χ1) is 11.7. The number of hydroxylamine groups is 1. The molecule has 0 aliphatic rings. The van der Waals surface area contributed by atoms with E-state index in [0.717, 1.165) is 12.1 Å². The van der Waals surface area contributed by atoms with Gasteiger partial charge >= 0.3 is 0 Å². The lowest BCUT2D eigenvalue weighted by Gasteiger charge is -2.11. The van der Waals surface area contributed by atoms with Crippen molar-refractivity contribution in [3.05, 3.63) is 58.1 Å². The molecule has 0 atom stereocenters. The average Bonchev–Trinajstić information content (AvgIpc) is 2.57. The van der Waals surface area contributed by atoms with Crippen molar-refractivity contribution in [1.82, 2.24) is 5.48 Å². The molecule has 1 amide bonds. The van der Waals surface area contributed by atoms with Crippen LogP contribution in [0, 0.1) is 0 Å². The van der Waals surface area contributed by atoms with Crippen molar-refractivity contribution in [1.29, 1.82) is 0 Å². The standard InChI is InChI=1S/C15H12Cl2N2O5S/c16-11-8-14(20)12(17)7-13(11)19-25(23,24)10-3-1-2-9(6-10)4-5-15(21)18-22/h1-8,19-20,22H,(H,18,21). The maximum absolute atomic E-state index is 12.5. The van der Waals surface area contributed by atoms with Crippen molar-refractivity contribution in [3.63, 3.8) is 0 Å². The summed E-state index contributed by atoms with van der Waals surface area (Å²) in [5, 5.41) is 17.8. The predicted molar refractivity (Wildman–Crippen MR) is 94.3 cm³/mol. The molecule has 2 aromatic carbocycles. The molecule has 0 aliphatic carbocycles. The van der Waals surface area contributed by atoms with Crippen LogP contribution < -0.4 is 10.2 Å². The predicted octanol–water partition coefficient (Wildman–Crippen LogP) is 3.02. The van der Waals surface area contributed by atoms with Crippen molar-refractivity contribution >= 4 is 50.9 Å². The third-order valence-corrected chi connectivity index (χ3v) is 4.97. The molecule has 0 aromatic heterocycles. The van der Waals surface area contributed by atoms with Crippen molar-refractivity contribution < 1.29 is 23.5 Å². The second kappa shape index (κ2) is 7.75. The number of hydrogen-bond acceptors (Lipinski definition) is 5. The van der Waals surface area contributed by atoms with Gasteiger partial charge in [-0.05, 0) is 29.8 Å². The minimum absolute atomic E-state index is 0.00469. The Morgan fingerprint density at radius 3 is 2.52 bits per heavy atom. The number of phenols is 1. The van der Waals surface area contributed by atoms with Crippen LogP contribution >= 0.6 is 23.2 Å². The van der Waals surface area contributed by atoms with Gasteiger partial charge in [0.2, 0.25) is 0 Å². The first-order valence-corrected chi connectivity index (χ1v) is 8.90. The van der Waals surface area contributed by atoms with Crippen molar-refractivity contribution in [3.8, 4) is 5.75 Å². The number of carbonyl (C=O) groups excluding carboxylic acids is 1. The lowest BCUT2D eigenvalue weighted by Crippen LogP contribution is -2.15. The Bertz CT molecular complexity index is 945. The first kappa shape index (κ1) is 19.1. The van der Waals surface area contributed by atoms with Crippen LogP contribution in [0.5, 0.6) is 5.75 Å². The number of phenolic OH excluding ortho intramolecular Hbond substituents is 1. The van der Waals surface area contributed by atoms with Gasteiger partial charge in [0.05, 0.1) is 20.6 Å². The number of halogens is 2. The Balaban J connectivity index is 2.33. The number of anilines is 1. The molecule has 2 rings (SSSR count). The zero-order valence-electron chi connectivity index (χ0n) is 12.4. The third-order valence-electron chi connectivity index (χ3n) is 2.99. The summed E-state index contributed by atoms with van der Waals surface area (Å²) in [5.74, 6) is -1.03. The molecular formula is C15H12Cl2N2O5S. The Morgan fingerprint density at radius 1 is 1.12 bits per heavy atom. The van der Waals surface area contributed by atoms with Crippen molar-refractivity contribution in [2.75, 3.05) is 4.72 Å². The molecule has 0 aliphatic heterocycles. The monoisotopic (exact) mass is 402 g/mol. The van der Waals surface area contributed by atoms with E-state index in [1.54, 1.807) is 6.07 Å². The normalized spacial score (nSPS) is 11.5. The first-order valence-electron chi connectivity index (χ1n) is 6.66. The topological polar surface area (TPSA) is 116 Å². The number of amides is 1. The molecule has 4 N–H and O–H groups in total. The average molecular weight is 403 g/mol. The van der Waals surface area contributed by atoms with Gasteiger partial charge in [-0.1, -0.05) is 35.3 Å². The molecule has 0 unspecified atom stereocenters. The van der Waals surface area contributed by atoms with E-state index in [0.29, 0.717) is 5.56 Å². The Labute approximate surface area is 153 Å². The Kier molecular flexibility index (Phi) is 5.91. The number of carbonyl (C=O) groups is 1. The van der Waals surface area contributed by atoms with Crippen LogP contribution in [0.1, 0.15) is 5.56 Å². The highest BCUT2D eigenvalue weighted by Gasteiger charge is 2.17. The fourth-order valence-corrected chi connectivity index (χ4v) is 3.36. The summed E-state index contributed by atoms with van der Waals surface area (Å²) in [5.41, 5.74) is 1.85. The van der Waals surface area contributed by atoms with Crippen LogP contribution in [0.15, 0.2) is 47.4 Å². The molecule has 0 spiro atoms. The summed E-state index contributed by atoms with van der Waals surface area (Å²) in [7, 11) is -3.99. The SMILES string of the molecule is O=C(C=Cc1cccc(S(=O)(=O)Nc2cc(Cl)c(O)cc2Cl)c1)NO. The van der Waals surface area contributed by atoms with Crippen LogP contribution in [-0.2, 0) is 14.8 Å². The lowest BCUT2D eigenvalue weighted by atomic mass is 10.2. The molecule has 0 heterocycles. The summed E-state index contributed by atoms with van der Waals surface area (Å²) in [6.45, 7) is 0. The maximum Gasteiger partial charge on any atom is 0.267 e. The van der Waals surface area contributed by atoms with Crippen LogP contribution in [-0.4, -0.2) is 24.6 Å². The Morgan fingerprint density at radius 2 is 1.84 bits per heavy atom. The second-order valence-electron chi connectivity index (χ2n) is 4.77. The number of rotatable bonds is 5. The minimum Gasteiger partial charge on any atom is -0.506 e. The molecule has 2 aromatic rings. The lowest BCUT2D eigenvalue weighted by molar-refractivity contribution is -0.124. The van der Waals surface area contributed by atoms with Crippen LogP contribution in [0.25, 0.3) is 6.08 Å². The molecular weight excluding hydrogens is 391 g/mol. The fourth-order valence-electron chi connectivity index (χ4n) is 1.81. The van der Waals surface area contributed by atoms with Crippen molar-refractivity contribution in [2.24, 2.45) is 0 Å². The molecule has 10 heteroatoms. The van der Waals surface area contributed by atoms with E-state index < -0.39 is 15.9 Å². The number of aromatic hydroxyl groups is 1. The maximum atomic E-state index is 12.5. The largest absolute Gasteiger partial charge is 0.506 e. The molecule has 0 bridgehead atoms. The third kappa shape index (κ3) is 4.86. The van der Waals surface area contributed by atoms with E-state index >= 15 is 0 Å². The zero-order chi connectivity index (χ0) is 18.6. The summed E-state index contributed by atoms with van der Waals surface area (Å²) in [6, 6.07) is 8.03. The highest BCUT2D eigenvalue weighted by atomic mass is 35.5. The summed E-state index contributed by atoms with van der Waals surface area (Å²) in [6.07, 6.45) is 2.37. The van der Waals surface area contributed by atoms with E-state index in [1.165, 1.54) is 35.8 Å². The number of sulfonamides is 1. The van der Waals surface area contributed by atoms with Gasteiger partial charge in [0.1, 0.15) is 5.75 Å². The van der Waals surface area contributed by atoms with E-state index in [-0.39, 0.29) is 26.4 Å². The molecule has 25 heavy (non-hydrogen) atoms. The summed E-state index contributed by atoms with van der Waals surface area (Å²) in [4.78, 5) is 10.9. The van der Waals surface area contributed by atoms with E-state index in [4.69, 9.17) is 28.4 Å². The van der Waals surface area contributed by atoms with Gasteiger partial charge in [-0.15, -0.1) is 0 Å². The van der Waals surface area contributed by atoms with Gasteiger partial charge in [-0.25, -0.2) is 13.9 Å². The molecule has 0 fully saturated rings. The molecule has 132 valence electrons. The van der Waals surface area contributed by atoms with Gasteiger partial charge < -0.3 is 5.11 Å². The van der Waals surface area contributed by atoms with Gasteiger partial charge in [-0.3, -0.25) is 14.7 Å². The van der Waals surface area contributed by atoms with Gasteiger partial charge in [0.15, 0.2) is 0 Å². The van der Waals surface area contributed by atoms with Gasteiger partial charge in [-0.2, -0.15) is 0 Å². The summed E-state index contributed by atoms with van der Waals surface area (Å²) < 4.78 is 27.2. The smallest absolute Gasteiger partial charge is 0.267 e. The second-order valence-corrected chi connectivity index (χ2v) is 7.27. The molecule has 0 radical (unpaired) electrons. The van der Waals surface area contributed by atoms with Gasteiger partial charge in [0.25, 0.3) is 15.9 Å². The number of nitrogens with one attached hydrogen (secondary N) is 2. The summed E-state index contributed by atoms with van der Waals surface area (Å²) >= 11 is 11.7. The van der Waals surface area contributed by atoms with Crippen LogP contribution in [0.3, 0.4) is 0 Å². The quantitative estimate of drug-likeness (QED) is 0.265. The molecule has 0 saturated heterocycles. The highest BCUT2D eigenvalue weighted by molar-refractivity contribution is 7.92.